The van der Waals surface area contributed by atoms with E-state index >= 15 is 0 Å². The van der Waals surface area contributed by atoms with Crippen LogP contribution in [0, 0.1) is 12.3 Å². The predicted octanol–water partition coefficient (Wildman–Crippen LogP) is 1.58. The molecule has 1 aromatic rings. The van der Waals surface area contributed by atoms with Crippen LogP contribution >= 0.6 is 0 Å². The van der Waals surface area contributed by atoms with Gasteiger partial charge in [0.05, 0.1) is 4.90 Å². The Labute approximate surface area is 107 Å². The Hall–Kier alpha value is -1.64. The Bertz CT molecular complexity index is 570. The minimum absolute atomic E-state index is 0.0822. The lowest BCUT2D eigenvalue weighted by Gasteiger charge is -2.06. The molecule has 0 atom stereocenters. The van der Waals surface area contributed by atoms with Crippen LogP contribution < -0.4 is 4.72 Å². The number of terminal acetylenes is 1. The molecule has 0 amide bonds. The number of rotatable bonds is 6. The number of benzene rings is 1. The number of hydrogen-bond acceptors (Lipinski definition) is 3. The lowest BCUT2D eigenvalue weighted by molar-refractivity contribution is 0.0988. The van der Waals surface area contributed by atoms with E-state index in [4.69, 9.17) is 6.42 Å². The molecule has 18 heavy (non-hydrogen) atoms. The fourth-order valence-electron chi connectivity index (χ4n) is 1.38. The topological polar surface area (TPSA) is 63.2 Å². The van der Waals surface area contributed by atoms with E-state index in [-0.39, 0.29) is 17.2 Å². The van der Waals surface area contributed by atoms with Gasteiger partial charge in [0.1, 0.15) is 0 Å². The van der Waals surface area contributed by atoms with Gasteiger partial charge in [0.25, 0.3) is 0 Å². The van der Waals surface area contributed by atoms with Crippen molar-refractivity contribution in [2.75, 3.05) is 6.54 Å². The largest absolute Gasteiger partial charge is 0.294 e. The second-order valence-electron chi connectivity index (χ2n) is 3.66. The van der Waals surface area contributed by atoms with Crippen LogP contribution in [0.2, 0.25) is 0 Å². The average Bonchev–Trinajstić information content (AvgIpc) is 2.38. The van der Waals surface area contributed by atoms with E-state index in [1.165, 1.54) is 12.1 Å². The van der Waals surface area contributed by atoms with Gasteiger partial charge >= 0.3 is 0 Å². The van der Waals surface area contributed by atoms with E-state index in [9.17, 15) is 13.2 Å². The third kappa shape index (κ3) is 3.69. The van der Waals surface area contributed by atoms with Gasteiger partial charge in [0.15, 0.2) is 5.78 Å². The number of hydrogen-bond donors (Lipinski definition) is 1. The highest BCUT2D eigenvalue weighted by Gasteiger charge is 2.14. The molecule has 1 N–H and O–H groups in total. The van der Waals surface area contributed by atoms with E-state index in [2.05, 4.69) is 10.6 Å². The lowest BCUT2D eigenvalue weighted by atomic mass is 10.1. The van der Waals surface area contributed by atoms with Crippen molar-refractivity contribution in [3.05, 3.63) is 29.8 Å². The zero-order valence-electron chi connectivity index (χ0n) is 10.1. The van der Waals surface area contributed by atoms with Gasteiger partial charge in [0.2, 0.25) is 10.0 Å². The van der Waals surface area contributed by atoms with Crippen LogP contribution in [-0.2, 0) is 10.0 Å². The van der Waals surface area contributed by atoms with E-state index in [1.54, 1.807) is 19.1 Å². The Balaban J connectivity index is 2.96. The SMILES string of the molecule is C#CCCNS(=O)(=O)c1cccc(C(=O)CC)c1. The van der Waals surface area contributed by atoms with Gasteiger partial charge in [-0.05, 0) is 12.1 Å². The summed E-state index contributed by atoms with van der Waals surface area (Å²) < 4.78 is 26.1. The summed E-state index contributed by atoms with van der Waals surface area (Å²) in [7, 11) is -3.59. The minimum atomic E-state index is -3.59. The maximum Gasteiger partial charge on any atom is 0.240 e. The van der Waals surface area contributed by atoms with Gasteiger partial charge in [-0.2, -0.15) is 0 Å². The first kappa shape index (κ1) is 14.4. The van der Waals surface area contributed by atoms with E-state index in [0.717, 1.165) is 0 Å². The smallest absolute Gasteiger partial charge is 0.240 e. The normalized spacial score (nSPS) is 10.9. The summed E-state index contributed by atoms with van der Waals surface area (Å²) in [6, 6.07) is 5.99. The lowest BCUT2D eigenvalue weighted by Crippen LogP contribution is -2.24. The zero-order chi connectivity index (χ0) is 13.6. The summed E-state index contributed by atoms with van der Waals surface area (Å²) in [5, 5.41) is 0. The molecule has 96 valence electrons. The molecule has 0 saturated carbocycles. The predicted molar refractivity (Wildman–Crippen MR) is 69.7 cm³/mol. The molecule has 0 radical (unpaired) electrons. The first-order valence-corrected chi connectivity index (χ1v) is 7.06. The Morgan fingerprint density at radius 2 is 2.17 bits per heavy atom. The van der Waals surface area contributed by atoms with Crippen LogP contribution in [-0.4, -0.2) is 20.7 Å². The summed E-state index contributed by atoms with van der Waals surface area (Å²) in [5.74, 6) is 2.26. The Morgan fingerprint density at radius 3 is 2.78 bits per heavy atom. The number of Topliss-reactive ketones (excluding diaryl/α,β-unsaturated/α-hetero) is 1. The molecule has 0 aromatic heterocycles. The van der Waals surface area contributed by atoms with Crippen molar-refractivity contribution in [1.29, 1.82) is 0 Å². The molecule has 0 fully saturated rings. The van der Waals surface area contributed by atoms with Gasteiger partial charge in [-0.15, -0.1) is 12.3 Å². The fraction of sp³-hybridized carbons (Fsp3) is 0.308. The molecule has 0 saturated heterocycles. The summed E-state index contributed by atoms with van der Waals surface area (Å²) in [6.07, 6.45) is 5.72. The monoisotopic (exact) mass is 265 g/mol. The van der Waals surface area contributed by atoms with Crippen molar-refractivity contribution < 1.29 is 13.2 Å². The second-order valence-corrected chi connectivity index (χ2v) is 5.42. The fourth-order valence-corrected chi connectivity index (χ4v) is 2.46. The van der Waals surface area contributed by atoms with Gasteiger partial charge < -0.3 is 0 Å². The molecule has 1 aromatic carbocycles. The number of carbonyl (C=O) groups excluding carboxylic acids is 1. The number of nitrogens with one attached hydrogen (secondary N) is 1. The molecule has 0 bridgehead atoms. The van der Waals surface area contributed by atoms with E-state index in [0.29, 0.717) is 18.4 Å². The van der Waals surface area contributed by atoms with Gasteiger partial charge in [-0.1, -0.05) is 19.1 Å². The van der Waals surface area contributed by atoms with Gasteiger partial charge in [-0.25, -0.2) is 13.1 Å². The molecule has 1 rings (SSSR count). The van der Waals surface area contributed by atoms with Crippen LogP contribution in [0.1, 0.15) is 30.1 Å². The molecular formula is C13H15NO3S. The van der Waals surface area contributed by atoms with Crippen LogP contribution in [0.5, 0.6) is 0 Å². The molecule has 0 unspecified atom stereocenters. The van der Waals surface area contributed by atoms with E-state index < -0.39 is 10.0 Å². The molecule has 5 heteroatoms. The van der Waals surface area contributed by atoms with E-state index in [1.807, 2.05) is 0 Å². The highest BCUT2D eigenvalue weighted by molar-refractivity contribution is 7.89. The first-order chi connectivity index (χ1) is 8.51. The van der Waals surface area contributed by atoms with Crippen molar-refractivity contribution in [2.45, 2.75) is 24.7 Å². The quantitative estimate of drug-likeness (QED) is 0.482. The molecule has 0 aliphatic rings. The molecular weight excluding hydrogens is 250 g/mol. The van der Waals surface area contributed by atoms with Crippen LogP contribution in [0.3, 0.4) is 0 Å². The zero-order valence-corrected chi connectivity index (χ0v) is 11.0. The first-order valence-electron chi connectivity index (χ1n) is 5.57. The summed E-state index contributed by atoms with van der Waals surface area (Å²) in [4.78, 5) is 11.6. The van der Waals surface area contributed by atoms with Crippen LogP contribution in [0.4, 0.5) is 0 Å². The maximum absolute atomic E-state index is 11.9. The molecule has 0 heterocycles. The number of carbonyl (C=O) groups is 1. The van der Waals surface area contributed by atoms with Crippen molar-refractivity contribution in [3.8, 4) is 12.3 Å². The summed E-state index contributed by atoms with van der Waals surface area (Å²) in [5.41, 5.74) is 0.400. The second kappa shape index (κ2) is 6.34. The van der Waals surface area contributed by atoms with Crippen molar-refractivity contribution in [1.82, 2.24) is 4.72 Å². The van der Waals surface area contributed by atoms with Crippen LogP contribution in [0.25, 0.3) is 0 Å². The van der Waals surface area contributed by atoms with Crippen molar-refractivity contribution in [3.63, 3.8) is 0 Å². The third-order valence-corrected chi connectivity index (χ3v) is 3.81. The summed E-state index contributed by atoms with van der Waals surface area (Å²) >= 11 is 0. The molecule has 0 aliphatic carbocycles. The van der Waals surface area contributed by atoms with Crippen molar-refractivity contribution in [2.24, 2.45) is 0 Å². The molecule has 0 spiro atoms. The number of ketones is 1. The maximum atomic E-state index is 11.9. The average molecular weight is 265 g/mol. The minimum Gasteiger partial charge on any atom is -0.294 e. The summed E-state index contributed by atoms with van der Waals surface area (Å²) in [6.45, 7) is 1.92. The number of sulfonamides is 1. The third-order valence-electron chi connectivity index (χ3n) is 2.35. The van der Waals surface area contributed by atoms with Gasteiger partial charge in [-0.3, -0.25) is 4.79 Å². The molecule has 0 aliphatic heterocycles. The van der Waals surface area contributed by atoms with Crippen LogP contribution in [0.15, 0.2) is 29.2 Å². The highest BCUT2D eigenvalue weighted by atomic mass is 32.2. The Morgan fingerprint density at radius 1 is 1.44 bits per heavy atom. The van der Waals surface area contributed by atoms with Crippen molar-refractivity contribution >= 4 is 15.8 Å². The van der Waals surface area contributed by atoms with Gasteiger partial charge in [0, 0.05) is 24.9 Å². The Kier molecular flexibility index (Phi) is 5.08. The standard InChI is InChI=1S/C13H15NO3S/c1-3-5-9-14-18(16,17)12-8-6-7-11(10-12)13(15)4-2/h1,6-8,10,14H,4-5,9H2,2H3. The highest BCUT2D eigenvalue weighted by Crippen LogP contribution is 2.12. The molecule has 4 nitrogen and oxygen atoms in total.